The molecule has 3 nitrogen and oxygen atoms in total. The molecular weight excluding hydrogens is 825 g/mol. The van der Waals surface area contributed by atoms with Crippen LogP contribution in [0.4, 0.5) is 17.1 Å². The maximum Gasteiger partial charge on any atom is 0.160 e. The first kappa shape index (κ1) is 37.3. The molecule has 0 amide bonds. The number of anilines is 3. The number of nitrogens with zero attached hydrogens (tertiary/aromatic N) is 2. The number of hydrogen-bond donors (Lipinski definition) is 0. The Kier molecular flexibility index (Phi) is 7.71. The summed E-state index contributed by atoms with van der Waals surface area (Å²) in [7, 11) is 0. The molecule has 2 aliphatic carbocycles. The topological polar surface area (TPSA) is 21.3 Å². The van der Waals surface area contributed by atoms with Gasteiger partial charge in [-0.2, -0.15) is 0 Å². The summed E-state index contributed by atoms with van der Waals surface area (Å²) in [6, 6.07) is 89.2. The van der Waals surface area contributed by atoms with E-state index >= 15 is 0 Å². The van der Waals surface area contributed by atoms with Crippen molar-refractivity contribution in [3.05, 3.63) is 265 Å². The highest BCUT2D eigenvalue weighted by Crippen LogP contribution is 2.65. The molecule has 2 aliphatic rings. The van der Waals surface area contributed by atoms with E-state index in [0.717, 1.165) is 55.6 Å². The van der Waals surface area contributed by atoms with E-state index in [9.17, 15) is 0 Å². The first-order chi connectivity index (χ1) is 33.8. The van der Waals surface area contributed by atoms with Gasteiger partial charge >= 0.3 is 0 Å². The normalized spacial score (nSPS) is 13.1. The molecule has 0 bridgehead atoms. The van der Waals surface area contributed by atoms with E-state index in [4.69, 9.17) is 4.42 Å². The Morgan fingerprint density at radius 1 is 0.382 bits per heavy atom. The van der Waals surface area contributed by atoms with Gasteiger partial charge in [-0.25, -0.2) is 0 Å². The first-order valence-corrected chi connectivity index (χ1v) is 23.5. The van der Waals surface area contributed by atoms with Crippen LogP contribution in [0.1, 0.15) is 22.3 Å². The Morgan fingerprint density at radius 2 is 0.971 bits per heavy atom. The van der Waals surface area contributed by atoms with Crippen molar-refractivity contribution in [3.8, 4) is 39.1 Å². The van der Waals surface area contributed by atoms with Crippen molar-refractivity contribution in [1.82, 2.24) is 4.57 Å². The third-order valence-corrected chi connectivity index (χ3v) is 15.0. The van der Waals surface area contributed by atoms with Gasteiger partial charge in [0, 0.05) is 38.5 Å². The largest absolute Gasteiger partial charge is 0.454 e. The van der Waals surface area contributed by atoms with Gasteiger partial charge in [0.15, 0.2) is 5.58 Å². The average Bonchev–Trinajstić information content (AvgIpc) is 4.14. The third kappa shape index (κ3) is 4.97. The van der Waals surface area contributed by atoms with Crippen LogP contribution in [0.2, 0.25) is 0 Å². The van der Waals surface area contributed by atoms with Crippen LogP contribution < -0.4 is 4.90 Å². The molecule has 0 atom stereocenters. The van der Waals surface area contributed by atoms with Crippen molar-refractivity contribution in [3.63, 3.8) is 0 Å². The first-order valence-electron chi connectivity index (χ1n) is 23.5. The Bertz CT molecular complexity index is 4170. The van der Waals surface area contributed by atoms with Crippen LogP contribution in [0.25, 0.3) is 93.6 Å². The second-order valence-corrected chi connectivity index (χ2v) is 18.3. The van der Waals surface area contributed by atoms with Crippen molar-refractivity contribution >= 4 is 71.6 Å². The van der Waals surface area contributed by atoms with Crippen LogP contribution in [0.5, 0.6) is 0 Å². The zero-order valence-electron chi connectivity index (χ0n) is 36.9. The minimum Gasteiger partial charge on any atom is -0.454 e. The van der Waals surface area contributed by atoms with E-state index in [1.165, 1.54) is 77.3 Å². The second kappa shape index (κ2) is 14.0. The molecule has 0 radical (unpaired) electrons. The Hall–Kier alpha value is -8.92. The summed E-state index contributed by atoms with van der Waals surface area (Å²) in [6.45, 7) is 0. The molecule has 1 spiro atoms. The Labute approximate surface area is 393 Å². The van der Waals surface area contributed by atoms with E-state index in [1.54, 1.807) is 0 Å². The third-order valence-electron chi connectivity index (χ3n) is 15.0. The summed E-state index contributed by atoms with van der Waals surface area (Å²) in [6.07, 6.45) is 0. The minimum absolute atomic E-state index is 0.481. The maximum absolute atomic E-state index is 7.05. The Balaban J connectivity index is 0.982. The number of fused-ring (bicyclic) bond motifs is 18. The van der Waals surface area contributed by atoms with Gasteiger partial charge < -0.3 is 13.9 Å². The fourth-order valence-electron chi connectivity index (χ4n) is 12.3. The van der Waals surface area contributed by atoms with E-state index in [2.05, 4.69) is 252 Å². The number of hydrogen-bond acceptors (Lipinski definition) is 2. The van der Waals surface area contributed by atoms with Gasteiger partial charge in [-0.3, -0.25) is 0 Å². The fourth-order valence-corrected chi connectivity index (χ4v) is 12.3. The standard InChI is InChI=1S/C65H40N2O/c1-2-18-44(19-3-1)66-57-30-14-9-23-49(57)52-39-42(35-38-58(52)66)41-33-36-45(37-34-41)67(60-40-43-17-4-5-20-46(43)62-51-25-10-15-32-61(51)68-64(60)62)59-31-16-29-56-63(59)50-24-8-13-28-55(50)65(56)53-26-11-6-21-47(53)48-22-7-12-27-54(48)65/h1-40H. The molecule has 3 heteroatoms. The van der Waals surface area contributed by atoms with Crippen LogP contribution >= 0.6 is 0 Å². The maximum atomic E-state index is 7.05. The molecule has 0 N–H and O–H groups in total. The number of para-hydroxylation sites is 3. The lowest BCUT2D eigenvalue weighted by Gasteiger charge is -2.32. The van der Waals surface area contributed by atoms with Crippen LogP contribution in [-0.2, 0) is 5.41 Å². The monoisotopic (exact) mass is 864 g/mol. The molecule has 68 heavy (non-hydrogen) atoms. The SMILES string of the molecule is c1ccc(-n2c3ccccc3c3cc(-c4ccc(N(c5cccc6c5-c5ccccc5C65c6ccccc6-c6ccccc65)c5cc6ccccc6c6c5oc5ccccc56)cc4)ccc32)cc1. The quantitative estimate of drug-likeness (QED) is 0.172. The molecule has 0 aliphatic heterocycles. The van der Waals surface area contributed by atoms with E-state index in [1.807, 2.05) is 0 Å². The molecule has 0 fully saturated rings. The summed E-state index contributed by atoms with van der Waals surface area (Å²) in [4.78, 5) is 2.47. The molecule has 11 aromatic carbocycles. The highest BCUT2D eigenvalue weighted by atomic mass is 16.3. The highest BCUT2D eigenvalue weighted by molar-refractivity contribution is 6.23. The van der Waals surface area contributed by atoms with Gasteiger partial charge in [0.1, 0.15) is 5.58 Å². The summed E-state index contributed by atoms with van der Waals surface area (Å²) < 4.78 is 9.43. The van der Waals surface area contributed by atoms with Gasteiger partial charge in [-0.15, -0.1) is 0 Å². The molecule has 2 heterocycles. The summed E-state index contributed by atoms with van der Waals surface area (Å²) in [5, 5.41) is 7.05. The number of aromatic nitrogens is 1. The number of furan rings is 1. The molecule has 13 aromatic rings. The van der Waals surface area contributed by atoms with Crippen molar-refractivity contribution in [2.45, 2.75) is 5.41 Å². The predicted octanol–water partition coefficient (Wildman–Crippen LogP) is 17.3. The van der Waals surface area contributed by atoms with Gasteiger partial charge in [-0.1, -0.05) is 182 Å². The van der Waals surface area contributed by atoms with Crippen molar-refractivity contribution in [2.75, 3.05) is 4.90 Å². The fraction of sp³-hybridized carbons (Fsp3) is 0.0154. The van der Waals surface area contributed by atoms with Gasteiger partial charge in [-0.05, 0) is 122 Å². The van der Waals surface area contributed by atoms with E-state index in [-0.39, 0.29) is 0 Å². The van der Waals surface area contributed by atoms with Crippen molar-refractivity contribution < 1.29 is 4.42 Å². The summed E-state index contributed by atoms with van der Waals surface area (Å²) in [5.74, 6) is 0. The van der Waals surface area contributed by atoms with Crippen LogP contribution in [-0.4, -0.2) is 4.57 Å². The zero-order valence-corrected chi connectivity index (χ0v) is 36.9. The van der Waals surface area contributed by atoms with Crippen LogP contribution in [0.3, 0.4) is 0 Å². The second-order valence-electron chi connectivity index (χ2n) is 18.3. The van der Waals surface area contributed by atoms with Crippen molar-refractivity contribution in [2.24, 2.45) is 0 Å². The number of rotatable bonds is 5. The molecule has 0 saturated heterocycles. The Morgan fingerprint density at radius 3 is 1.75 bits per heavy atom. The summed E-state index contributed by atoms with van der Waals surface area (Å²) >= 11 is 0. The molecule has 0 unspecified atom stereocenters. The van der Waals surface area contributed by atoms with Gasteiger partial charge in [0.25, 0.3) is 0 Å². The highest BCUT2D eigenvalue weighted by Gasteiger charge is 2.52. The zero-order chi connectivity index (χ0) is 44.5. The average molecular weight is 865 g/mol. The van der Waals surface area contributed by atoms with Crippen LogP contribution in [0.15, 0.2) is 247 Å². The van der Waals surface area contributed by atoms with Gasteiger partial charge in [0.2, 0.25) is 0 Å². The lowest BCUT2D eigenvalue weighted by atomic mass is 9.70. The molecule has 15 rings (SSSR count). The van der Waals surface area contributed by atoms with E-state index in [0.29, 0.717) is 0 Å². The minimum atomic E-state index is -0.481. The van der Waals surface area contributed by atoms with Crippen molar-refractivity contribution in [1.29, 1.82) is 0 Å². The molecule has 316 valence electrons. The molecule has 0 saturated carbocycles. The van der Waals surface area contributed by atoms with Crippen LogP contribution in [0, 0.1) is 0 Å². The summed E-state index contributed by atoms with van der Waals surface area (Å²) in [5.41, 5.74) is 20.6. The van der Waals surface area contributed by atoms with Gasteiger partial charge in [0.05, 0.1) is 27.8 Å². The lowest BCUT2D eigenvalue weighted by molar-refractivity contribution is 0.669. The molecule has 2 aromatic heterocycles. The smallest absolute Gasteiger partial charge is 0.160 e. The lowest BCUT2D eigenvalue weighted by Crippen LogP contribution is -2.26. The predicted molar refractivity (Wildman–Crippen MR) is 282 cm³/mol. The van der Waals surface area contributed by atoms with E-state index < -0.39 is 5.41 Å². The molecular formula is C65H40N2O. The number of benzene rings is 11.